The van der Waals surface area contributed by atoms with E-state index in [9.17, 15) is 4.79 Å². The third kappa shape index (κ3) is 3.06. The predicted octanol–water partition coefficient (Wildman–Crippen LogP) is 2.64. The lowest BCUT2D eigenvalue weighted by atomic mass is 10.0. The molecule has 116 valence electrons. The summed E-state index contributed by atoms with van der Waals surface area (Å²) < 4.78 is 5.38. The molecular formula is C17H16N4O2. The van der Waals surface area contributed by atoms with Crippen LogP contribution in [-0.4, -0.2) is 29.4 Å². The minimum absolute atomic E-state index is 0.296. The van der Waals surface area contributed by atoms with Crippen molar-refractivity contribution >= 4 is 22.9 Å². The van der Waals surface area contributed by atoms with Gasteiger partial charge in [0, 0.05) is 11.3 Å². The van der Waals surface area contributed by atoms with E-state index in [1.807, 2.05) is 43.3 Å². The molecule has 0 radical (unpaired) electrons. The average molecular weight is 308 g/mol. The van der Waals surface area contributed by atoms with E-state index < -0.39 is 0 Å². The maximum absolute atomic E-state index is 11.9. The number of hydrogen-bond acceptors (Lipinski definition) is 4. The van der Waals surface area contributed by atoms with Crippen molar-refractivity contribution in [1.29, 1.82) is 0 Å². The Labute approximate surface area is 133 Å². The minimum atomic E-state index is -0.371. The van der Waals surface area contributed by atoms with Gasteiger partial charge in [-0.1, -0.05) is 30.3 Å². The van der Waals surface area contributed by atoms with Crippen LogP contribution >= 0.6 is 0 Å². The standard InChI is InChI=1S/C17H16N4O2/c1-11-9-15(20-19-11)17(22)21-18-10-14-13-6-4-3-5-12(13)7-8-16(14)23-2/h3-10H,1-2H3,(H,19,20)(H,21,22)/b18-10-. The second kappa shape index (κ2) is 6.31. The quantitative estimate of drug-likeness (QED) is 0.574. The molecule has 1 amide bonds. The number of rotatable bonds is 4. The van der Waals surface area contributed by atoms with E-state index in [0.29, 0.717) is 11.4 Å². The SMILES string of the molecule is COc1ccc2ccccc2c1/C=N\NC(=O)c1cc(C)[nH]n1. The number of benzene rings is 2. The molecule has 0 unspecified atom stereocenters. The molecule has 2 aromatic carbocycles. The normalized spacial score (nSPS) is 11.0. The Morgan fingerprint density at radius 3 is 2.87 bits per heavy atom. The summed E-state index contributed by atoms with van der Waals surface area (Å²) in [4.78, 5) is 11.9. The highest BCUT2D eigenvalue weighted by Gasteiger charge is 2.09. The monoisotopic (exact) mass is 308 g/mol. The number of fused-ring (bicyclic) bond motifs is 1. The average Bonchev–Trinajstić information content (AvgIpc) is 3.01. The highest BCUT2D eigenvalue weighted by molar-refractivity contribution is 6.03. The van der Waals surface area contributed by atoms with Crippen LogP contribution in [0.5, 0.6) is 5.75 Å². The molecule has 3 aromatic rings. The van der Waals surface area contributed by atoms with Crippen LogP contribution < -0.4 is 10.2 Å². The first-order valence-corrected chi connectivity index (χ1v) is 7.10. The number of hydrazone groups is 1. The van der Waals surface area contributed by atoms with Crippen LogP contribution in [0.2, 0.25) is 0 Å². The van der Waals surface area contributed by atoms with Gasteiger partial charge in [-0.15, -0.1) is 0 Å². The van der Waals surface area contributed by atoms with Gasteiger partial charge in [-0.3, -0.25) is 9.89 Å². The highest BCUT2D eigenvalue weighted by atomic mass is 16.5. The Kier molecular flexibility index (Phi) is 4.05. The van der Waals surface area contributed by atoms with Crippen molar-refractivity contribution in [1.82, 2.24) is 15.6 Å². The number of aryl methyl sites for hydroxylation is 1. The lowest BCUT2D eigenvalue weighted by Crippen LogP contribution is -2.18. The highest BCUT2D eigenvalue weighted by Crippen LogP contribution is 2.26. The topological polar surface area (TPSA) is 79.4 Å². The second-order valence-corrected chi connectivity index (χ2v) is 5.04. The van der Waals surface area contributed by atoms with Crippen LogP contribution in [0.4, 0.5) is 0 Å². The number of methoxy groups -OCH3 is 1. The summed E-state index contributed by atoms with van der Waals surface area (Å²) in [5.74, 6) is 0.321. The molecular weight excluding hydrogens is 292 g/mol. The van der Waals surface area contributed by atoms with Crippen LogP contribution in [0, 0.1) is 6.92 Å². The van der Waals surface area contributed by atoms with Gasteiger partial charge in [0.1, 0.15) is 5.75 Å². The molecule has 0 saturated heterocycles. The zero-order chi connectivity index (χ0) is 16.2. The molecule has 1 aromatic heterocycles. The lowest BCUT2D eigenvalue weighted by molar-refractivity contribution is 0.0950. The third-order valence-corrected chi connectivity index (χ3v) is 3.45. The number of carbonyl (C=O) groups is 1. The van der Waals surface area contributed by atoms with Gasteiger partial charge in [0.2, 0.25) is 0 Å². The van der Waals surface area contributed by atoms with Crippen LogP contribution in [0.25, 0.3) is 10.8 Å². The predicted molar refractivity (Wildman–Crippen MR) is 88.9 cm³/mol. The van der Waals surface area contributed by atoms with Gasteiger partial charge >= 0.3 is 0 Å². The number of nitrogens with zero attached hydrogens (tertiary/aromatic N) is 2. The number of ether oxygens (including phenoxy) is 1. The fourth-order valence-electron chi connectivity index (χ4n) is 2.33. The minimum Gasteiger partial charge on any atom is -0.496 e. The van der Waals surface area contributed by atoms with E-state index in [2.05, 4.69) is 20.7 Å². The molecule has 0 aliphatic heterocycles. The van der Waals surface area contributed by atoms with Gasteiger partial charge in [0.25, 0.3) is 5.91 Å². The molecule has 1 heterocycles. The van der Waals surface area contributed by atoms with Crippen molar-refractivity contribution < 1.29 is 9.53 Å². The first-order chi connectivity index (χ1) is 11.2. The summed E-state index contributed by atoms with van der Waals surface area (Å²) in [7, 11) is 1.60. The molecule has 23 heavy (non-hydrogen) atoms. The van der Waals surface area contributed by atoms with E-state index in [-0.39, 0.29) is 5.91 Å². The van der Waals surface area contributed by atoms with Crippen molar-refractivity contribution in [2.45, 2.75) is 6.92 Å². The summed E-state index contributed by atoms with van der Waals surface area (Å²) >= 11 is 0. The number of amides is 1. The first-order valence-electron chi connectivity index (χ1n) is 7.10. The van der Waals surface area contributed by atoms with Gasteiger partial charge in [0.05, 0.1) is 13.3 Å². The number of aromatic amines is 1. The molecule has 0 fully saturated rings. The molecule has 0 saturated carbocycles. The zero-order valence-electron chi connectivity index (χ0n) is 12.8. The summed E-state index contributed by atoms with van der Waals surface area (Å²) in [5.41, 5.74) is 4.39. The molecule has 0 bridgehead atoms. The number of hydrogen-bond donors (Lipinski definition) is 2. The molecule has 0 spiro atoms. The van der Waals surface area contributed by atoms with Crippen molar-refractivity contribution in [3.05, 3.63) is 59.4 Å². The number of H-pyrrole nitrogens is 1. The summed E-state index contributed by atoms with van der Waals surface area (Å²) in [6.07, 6.45) is 1.58. The largest absolute Gasteiger partial charge is 0.496 e. The first kappa shape index (κ1) is 14.8. The summed E-state index contributed by atoms with van der Waals surface area (Å²) in [6.45, 7) is 1.83. The number of nitrogens with one attached hydrogen (secondary N) is 2. The summed E-state index contributed by atoms with van der Waals surface area (Å²) in [6, 6.07) is 13.4. The van der Waals surface area contributed by atoms with Gasteiger partial charge in [-0.2, -0.15) is 10.2 Å². The van der Waals surface area contributed by atoms with Crippen molar-refractivity contribution in [3.8, 4) is 5.75 Å². The zero-order valence-corrected chi connectivity index (χ0v) is 12.8. The molecule has 0 aliphatic carbocycles. The fraction of sp³-hybridized carbons (Fsp3) is 0.118. The van der Waals surface area contributed by atoms with E-state index in [1.165, 1.54) is 0 Å². The maximum Gasteiger partial charge on any atom is 0.291 e. The van der Waals surface area contributed by atoms with Crippen molar-refractivity contribution in [2.75, 3.05) is 7.11 Å². The fourth-order valence-corrected chi connectivity index (χ4v) is 2.33. The van der Waals surface area contributed by atoms with E-state index in [1.54, 1.807) is 19.4 Å². The number of aromatic nitrogens is 2. The van der Waals surface area contributed by atoms with E-state index >= 15 is 0 Å². The third-order valence-electron chi connectivity index (χ3n) is 3.45. The second-order valence-electron chi connectivity index (χ2n) is 5.04. The molecule has 6 heteroatoms. The Morgan fingerprint density at radius 1 is 1.30 bits per heavy atom. The van der Waals surface area contributed by atoms with Gasteiger partial charge in [-0.25, -0.2) is 5.43 Å². The Bertz CT molecular complexity index is 883. The van der Waals surface area contributed by atoms with Crippen molar-refractivity contribution in [3.63, 3.8) is 0 Å². The molecule has 6 nitrogen and oxygen atoms in total. The van der Waals surface area contributed by atoms with Crippen molar-refractivity contribution in [2.24, 2.45) is 5.10 Å². The van der Waals surface area contributed by atoms with Crippen LogP contribution in [0.1, 0.15) is 21.7 Å². The number of carbonyl (C=O) groups excluding carboxylic acids is 1. The molecule has 2 N–H and O–H groups in total. The molecule has 0 atom stereocenters. The summed E-state index contributed by atoms with van der Waals surface area (Å²) in [5, 5.41) is 12.7. The molecule has 0 aliphatic rings. The van der Waals surface area contributed by atoms with E-state index in [0.717, 1.165) is 22.0 Å². The Morgan fingerprint density at radius 2 is 2.13 bits per heavy atom. The lowest BCUT2D eigenvalue weighted by Gasteiger charge is -2.08. The van der Waals surface area contributed by atoms with Gasteiger partial charge in [0.15, 0.2) is 5.69 Å². The Balaban J connectivity index is 1.87. The Hall–Kier alpha value is -3.15. The van der Waals surface area contributed by atoms with Crippen LogP contribution in [0.15, 0.2) is 47.6 Å². The van der Waals surface area contributed by atoms with Crippen LogP contribution in [-0.2, 0) is 0 Å². The van der Waals surface area contributed by atoms with Gasteiger partial charge in [-0.05, 0) is 29.8 Å². The maximum atomic E-state index is 11.9. The van der Waals surface area contributed by atoms with Gasteiger partial charge < -0.3 is 4.74 Å². The smallest absolute Gasteiger partial charge is 0.291 e. The van der Waals surface area contributed by atoms with Crippen LogP contribution in [0.3, 0.4) is 0 Å². The molecule has 3 rings (SSSR count). The van der Waals surface area contributed by atoms with E-state index in [4.69, 9.17) is 4.74 Å².